The molecule has 32 heavy (non-hydrogen) atoms. The highest BCUT2D eigenvalue weighted by Crippen LogP contribution is 2.37. The minimum Gasteiger partial charge on any atom is -0.337 e. The van der Waals surface area contributed by atoms with E-state index in [2.05, 4.69) is 87.2 Å². The number of hydrogen-bond donors (Lipinski definition) is 0. The maximum absolute atomic E-state index is 13.5. The van der Waals surface area contributed by atoms with Crippen molar-refractivity contribution in [2.75, 3.05) is 0 Å². The molecular formula is C29H22BrNO. The molecule has 1 aliphatic heterocycles. The second-order valence-electron chi connectivity index (χ2n) is 7.95. The van der Waals surface area contributed by atoms with Crippen LogP contribution < -0.4 is 0 Å². The van der Waals surface area contributed by atoms with E-state index in [4.69, 9.17) is 0 Å². The second-order valence-corrected chi connectivity index (χ2v) is 8.87. The van der Waals surface area contributed by atoms with Crippen LogP contribution in [0, 0.1) is 0 Å². The summed E-state index contributed by atoms with van der Waals surface area (Å²) in [4.78, 5) is 13.5. The van der Waals surface area contributed by atoms with Gasteiger partial charge in [0.15, 0.2) is 5.78 Å². The molecule has 156 valence electrons. The third kappa shape index (κ3) is 3.80. The fraction of sp³-hybridized carbons (Fsp3) is 0.0690. The van der Waals surface area contributed by atoms with Crippen LogP contribution in [-0.4, -0.2) is 10.4 Å². The molecule has 0 radical (unpaired) electrons. The first kappa shape index (κ1) is 20.5. The van der Waals surface area contributed by atoms with Gasteiger partial charge in [-0.3, -0.25) is 4.79 Å². The van der Waals surface area contributed by atoms with Crippen LogP contribution in [0.1, 0.15) is 23.0 Å². The molecule has 2 nitrogen and oxygen atoms in total. The number of Topliss-reactive ketones (excluding diaryl/α,β-unsaturated/α-hetero) is 1. The Morgan fingerprint density at radius 2 is 1.47 bits per heavy atom. The van der Waals surface area contributed by atoms with E-state index in [0.717, 1.165) is 43.7 Å². The lowest BCUT2D eigenvalue weighted by atomic mass is 9.95. The summed E-state index contributed by atoms with van der Waals surface area (Å²) in [6.07, 6.45) is 4.22. The van der Waals surface area contributed by atoms with E-state index in [1.54, 1.807) is 0 Å². The van der Waals surface area contributed by atoms with Gasteiger partial charge in [0.05, 0.1) is 5.69 Å². The first-order valence-corrected chi connectivity index (χ1v) is 11.4. The van der Waals surface area contributed by atoms with Crippen LogP contribution in [-0.2, 0) is 6.54 Å². The lowest BCUT2D eigenvalue weighted by Crippen LogP contribution is -2.04. The SMILES string of the molecule is CC1=CCn2c(-c3ccccc3)cc(-c3ccccc3)c2C=C1C(=O)c1ccc(Br)cc1. The number of allylic oxidation sites excluding steroid dienone is 3. The number of hydrogen-bond acceptors (Lipinski definition) is 1. The van der Waals surface area contributed by atoms with E-state index < -0.39 is 0 Å². The molecule has 0 spiro atoms. The molecular weight excluding hydrogens is 458 g/mol. The van der Waals surface area contributed by atoms with Crippen molar-refractivity contribution >= 4 is 27.8 Å². The van der Waals surface area contributed by atoms with Crippen LogP contribution in [0.4, 0.5) is 0 Å². The van der Waals surface area contributed by atoms with E-state index in [9.17, 15) is 4.79 Å². The van der Waals surface area contributed by atoms with Crippen molar-refractivity contribution in [3.63, 3.8) is 0 Å². The zero-order chi connectivity index (χ0) is 22.1. The van der Waals surface area contributed by atoms with Crippen molar-refractivity contribution < 1.29 is 4.79 Å². The maximum atomic E-state index is 13.5. The van der Waals surface area contributed by atoms with Crippen LogP contribution in [0.2, 0.25) is 0 Å². The van der Waals surface area contributed by atoms with Crippen molar-refractivity contribution in [2.24, 2.45) is 0 Å². The Bertz CT molecular complexity index is 1340. The Labute approximate surface area is 196 Å². The van der Waals surface area contributed by atoms with Gasteiger partial charge < -0.3 is 4.57 Å². The molecule has 0 N–H and O–H groups in total. The molecule has 2 heterocycles. The number of aromatic nitrogens is 1. The molecule has 3 heteroatoms. The minimum absolute atomic E-state index is 0.0428. The summed E-state index contributed by atoms with van der Waals surface area (Å²) in [5, 5.41) is 0. The largest absolute Gasteiger partial charge is 0.337 e. The molecule has 3 aromatic carbocycles. The highest BCUT2D eigenvalue weighted by Gasteiger charge is 2.22. The normalized spacial score (nSPS) is 13.1. The van der Waals surface area contributed by atoms with Crippen LogP contribution >= 0.6 is 15.9 Å². The number of fused-ring (bicyclic) bond motifs is 1. The first-order valence-electron chi connectivity index (χ1n) is 10.7. The van der Waals surface area contributed by atoms with Gasteiger partial charge in [0.25, 0.3) is 0 Å². The Morgan fingerprint density at radius 3 is 2.12 bits per heavy atom. The van der Waals surface area contributed by atoms with Gasteiger partial charge in [0.1, 0.15) is 0 Å². The lowest BCUT2D eigenvalue weighted by Gasteiger charge is -2.10. The average molecular weight is 480 g/mol. The molecule has 1 aliphatic rings. The van der Waals surface area contributed by atoms with Gasteiger partial charge in [0, 0.05) is 33.4 Å². The first-order chi connectivity index (χ1) is 15.6. The van der Waals surface area contributed by atoms with E-state index in [1.165, 1.54) is 0 Å². The maximum Gasteiger partial charge on any atom is 0.193 e. The molecule has 0 unspecified atom stereocenters. The van der Waals surface area contributed by atoms with E-state index in [-0.39, 0.29) is 5.78 Å². The summed E-state index contributed by atoms with van der Waals surface area (Å²) >= 11 is 3.46. The molecule has 0 saturated heterocycles. The van der Waals surface area contributed by atoms with Gasteiger partial charge in [-0.05, 0) is 60.0 Å². The van der Waals surface area contributed by atoms with Crippen LogP contribution in [0.15, 0.2) is 113 Å². The van der Waals surface area contributed by atoms with Crippen molar-refractivity contribution in [3.05, 3.63) is 124 Å². The van der Waals surface area contributed by atoms with Gasteiger partial charge in [-0.1, -0.05) is 82.7 Å². The number of carbonyl (C=O) groups excluding carboxylic acids is 1. The summed E-state index contributed by atoms with van der Waals surface area (Å²) in [5.41, 5.74) is 8.08. The zero-order valence-corrected chi connectivity index (χ0v) is 19.3. The fourth-order valence-corrected chi connectivity index (χ4v) is 4.47. The zero-order valence-electron chi connectivity index (χ0n) is 17.8. The average Bonchev–Trinajstić information content (AvgIpc) is 3.11. The topological polar surface area (TPSA) is 22.0 Å². The van der Waals surface area contributed by atoms with Gasteiger partial charge in [-0.25, -0.2) is 0 Å². The van der Waals surface area contributed by atoms with Gasteiger partial charge >= 0.3 is 0 Å². The Morgan fingerprint density at radius 1 is 0.844 bits per heavy atom. The number of halogens is 1. The van der Waals surface area contributed by atoms with E-state index in [0.29, 0.717) is 12.1 Å². The van der Waals surface area contributed by atoms with Gasteiger partial charge in [-0.15, -0.1) is 0 Å². The van der Waals surface area contributed by atoms with Gasteiger partial charge in [0.2, 0.25) is 0 Å². The van der Waals surface area contributed by atoms with Crippen molar-refractivity contribution in [3.8, 4) is 22.4 Å². The van der Waals surface area contributed by atoms with Gasteiger partial charge in [-0.2, -0.15) is 0 Å². The Kier molecular flexibility index (Phi) is 5.50. The van der Waals surface area contributed by atoms with E-state index in [1.807, 2.05) is 43.3 Å². The van der Waals surface area contributed by atoms with E-state index >= 15 is 0 Å². The number of rotatable bonds is 4. The minimum atomic E-state index is 0.0428. The third-order valence-electron chi connectivity index (χ3n) is 5.93. The molecule has 0 saturated carbocycles. The van der Waals surface area contributed by atoms with Crippen molar-refractivity contribution in [1.82, 2.24) is 4.57 Å². The summed E-state index contributed by atoms with van der Waals surface area (Å²) in [7, 11) is 0. The van der Waals surface area contributed by atoms with Crippen molar-refractivity contribution in [2.45, 2.75) is 13.5 Å². The number of carbonyl (C=O) groups is 1. The molecule has 5 rings (SSSR count). The standard InChI is InChI=1S/C29H22BrNO/c1-20-16-17-31-27(22-10-6-3-7-11-22)19-26(21-8-4-2-5-9-21)28(31)18-25(20)29(32)23-12-14-24(30)15-13-23/h2-16,18-19H,17H2,1H3. The Balaban J connectivity index is 1.72. The number of benzene rings is 3. The number of ketones is 1. The quantitative estimate of drug-likeness (QED) is 0.273. The summed E-state index contributed by atoms with van der Waals surface area (Å²) in [6, 6.07) is 30.6. The lowest BCUT2D eigenvalue weighted by molar-refractivity contribution is 0.103. The smallest absolute Gasteiger partial charge is 0.193 e. The highest BCUT2D eigenvalue weighted by atomic mass is 79.9. The number of nitrogens with zero attached hydrogens (tertiary/aromatic N) is 1. The summed E-state index contributed by atoms with van der Waals surface area (Å²) in [6.45, 7) is 2.74. The van der Waals surface area contributed by atoms with Crippen molar-refractivity contribution in [1.29, 1.82) is 0 Å². The molecule has 0 amide bonds. The van der Waals surface area contributed by atoms with Crippen LogP contribution in [0.3, 0.4) is 0 Å². The molecule has 0 fully saturated rings. The third-order valence-corrected chi connectivity index (χ3v) is 6.46. The molecule has 0 bridgehead atoms. The summed E-state index contributed by atoms with van der Waals surface area (Å²) < 4.78 is 3.27. The van der Waals surface area contributed by atoms with Crippen LogP contribution in [0.5, 0.6) is 0 Å². The molecule has 0 aliphatic carbocycles. The monoisotopic (exact) mass is 479 g/mol. The highest BCUT2D eigenvalue weighted by molar-refractivity contribution is 9.10. The Hall–Kier alpha value is -3.43. The van der Waals surface area contributed by atoms with Crippen LogP contribution in [0.25, 0.3) is 28.5 Å². The fourth-order valence-electron chi connectivity index (χ4n) is 4.20. The molecule has 0 atom stereocenters. The summed E-state index contributed by atoms with van der Waals surface area (Å²) in [5.74, 6) is 0.0428. The predicted octanol–water partition coefficient (Wildman–Crippen LogP) is 7.81. The predicted molar refractivity (Wildman–Crippen MR) is 136 cm³/mol. The molecule has 1 aromatic heterocycles. The second kappa shape index (κ2) is 8.60. The molecule has 4 aromatic rings.